The van der Waals surface area contributed by atoms with Gasteiger partial charge in [-0.05, 0) is 0 Å². The molecule has 2 N–H and O–H groups in total. The second-order valence-corrected chi connectivity index (χ2v) is 5.17. The summed E-state index contributed by atoms with van der Waals surface area (Å²) in [6, 6.07) is -0.263. The maximum absolute atomic E-state index is 12.2. The smallest absolute Gasteiger partial charge is 0.241 e. The standard InChI is InChI=1S/C10H18N2O3S/c13-5-8-6-15-3-2-12(8)10(14)9-7-16-4-1-11-9/h8-9,11,13H,1-7H2. The van der Waals surface area contributed by atoms with Gasteiger partial charge in [-0.3, -0.25) is 4.79 Å². The molecule has 0 spiro atoms. The molecule has 2 saturated heterocycles. The highest BCUT2D eigenvalue weighted by atomic mass is 32.2. The van der Waals surface area contributed by atoms with Crippen LogP contribution in [-0.4, -0.2) is 72.4 Å². The predicted octanol–water partition coefficient (Wildman–Crippen LogP) is -1.09. The Balaban J connectivity index is 1.95. The lowest BCUT2D eigenvalue weighted by atomic mass is 10.2. The quantitative estimate of drug-likeness (QED) is 0.648. The van der Waals surface area contributed by atoms with Crippen molar-refractivity contribution in [1.29, 1.82) is 0 Å². The molecule has 2 aliphatic heterocycles. The number of amides is 1. The molecule has 2 aliphatic rings. The van der Waals surface area contributed by atoms with E-state index in [4.69, 9.17) is 4.74 Å². The van der Waals surface area contributed by atoms with Crippen LogP contribution in [0.3, 0.4) is 0 Å². The minimum atomic E-state index is -0.171. The van der Waals surface area contributed by atoms with Gasteiger partial charge >= 0.3 is 0 Å². The van der Waals surface area contributed by atoms with Crippen molar-refractivity contribution in [3.63, 3.8) is 0 Å². The average Bonchev–Trinajstić information content (AvgIpc) is 2.39. The van der Waals surface area contributed by atoms with Crippen LogP contribution in [0, 0.1) is 0 Å². The first-order valence-electron chi connectivity index (χ1n) is 5.63. The van der Waals surface area contributed by atoms with E-state index in [0.29, 0.717) is 19.8 Å². The van der Waals surface area contributed by atoms with E-state index >= 15 is 0 Å². The van der Waals surface area contributed by atoms with Gasteiger partial charge in [0.1, 0.15) is 0 Å². The molecular formula is C10H18N2O3S. The molecule has 92 valence electrons. The van der Waals surface area contributed by atoms with Gasteiger partial charge in [0.15, 0.2) is 0 Å². The minimum Gasteiger partial charge on any atom is -0.394 e. The highest BCUT2D eigenvalue weighted by Crippen LogP contribution is 2.13. The van der Waals surface area contributed by atoms with E-state index in [2.05, 4.69) is 5.32 Å². The lowest BCUT2D eigenvalue weighted by molar-refractivity contribution is -0.143. The van der Waals surface area contributed by atoms with E-state index in [1.54, 1.807) is 16.7 Å². The molecule has 2 fully saturated rings. The molecule has 0 radical (unpaired) electrons. The van der Waals surface area contributed by atoms with E-state index in [0.717, 1.165) is 18.1 Å². The van der Waals surface area contributed by atoms with Crippen LogP contribution in [0.25, 0.3) is 0 Å². The number of nitrogens with zero attached hydrogens (tertiary/aromatic N) is 1. The van der Waals surface area contributed by atoms with Crippen LogP contribution in [0.2, 0.25) is 0 Å². The summed E-state index contributed by atoms with van der Waals surface area (Å²) >= 11 is 1.80. The Bertz CT molecular complexity index is 246. The third-order valence-corrected chi connectivity index (χ3v) is 4.00. The summed E-state index contributed by atoms with van der Waals surface area (Å²) in [4.78, 5) is 14.0. The van der Waals surface area contributed by atoms with Crippen LogP contribution in [0.5, 0.6) is 0 Å². The Morgan fingerprint density at radius 1 is 1.62 bits per heavy atom. The largest absolute Gasteiger partial charge is 0.394 e. The first-order chi connectivity index (χ1) is 7.83. The Morgan fingerprint density at radius 2 is 2.50 bits per heavy atom. The molecule has 0 bridgehead atoms. The molecule has 0 aromatic rings. The number of hydrogen-bond acceptors (Lipinski definition) is 5. The maximum atomic E-state index is 12.2. The molecule has 0 aromatic carbocycles. The number of rotatable bonds is 2. The molecule has 2 unspecified atom stereocenters. The van der Waals surface area contributed by atoms with Crippen molar-refractivity contribution in [3.8, 4) is 0 Å². The third-order valence-electron chi connectivity index (χ3n) is 2.94. The van der Waals surface area contributed by atoms with E-state index in [1.807, 2.05) is 0 Å². The van der Waals surface area contributed by atoms with Crippen LogP contribution in [0.4, 0.5) is 0 Å². The summed E-state index contributed by atoms with van der Waals surface area (Å²) in [6.45, 7) is 2.47. The normalized spacial score (nSPS) is 31.4. The summed E-state index contributed by atoms with van der Waals surface area (Å²) in [7, 11) is 0. The molecule has 0 saturated carbocycles. The Morgan fingerprint density at radius 3 is 3.19 bits per heavy atom. The number of ether oxygens (including phenoxy) is 1. The van der Waals surface area contributed by atoms with Gasteiger partial charge in [-0.2, -0.15) is 11.8 Å². The highest BCUT2D eigenvalue weighted by molar-refractivity contribution is 7.99. The van der Waals surface area contributed by atoms with Crippen molar-refractivity contribution in [2.24, 2.45) is 0 Å². The zero-order valence-corrected chi connectivity index (χ0v) is 10.0. The summed E-state index contributed by atoms with van der Waals surface area (Å²) in [5.41, 5.74) is 0. The zero-order chi connectivity index (χ0) is 11.4. The molecule has 2 heterocycles. The van der Waals surface area contributed by atoms with Gasteiger partial charge in [0.05, 0.1) is 31.9 Å². The number of carbonyl (C=O) groups is 1. The van der Waals surface area contributed by atoms with Gasteiger partial charge < -0.3 is 20.1 Å². The second kappa shape index (κ2) is 5.86. The van der Waals surface area contributed by atoms with E-state index < -0.39 is 0 Å². The van der Waals surface area contributed by atoms with Gasteiger partial charge in [-0.15, -0.1) is 0 Å². The first kappa shape index (κ1) is 12.2. The Hall–Kier alpha value is -0.300. The van der Waals surface area contributed by atoms with Crippen molar-refractivity contribution >= 4 is 17.7 Å². The van der Waals surface area contributed by atoms with Crippen LogP contribution in [0.15, 0.2) is 0 Å². The van der Waals surface area contributed by atoms with Crippen LogP contribution in [0.1, 0.15) is 0 Å². The number of carbonyl (C=O) groups excluding carboxylic acids is 1. The number of aliphatic hydroxyl groups is 1. The Labute approximate surface area is 99.5 Å². The number of morpholine rings is 1. The molecule has 1 amide bonds. The van der Waals surface area contributed by atoms with E-state index in [-0.39, 0.29) is 24.6 Å². The number of thioether (sulfide) groups is 1. The third kappa shape index (κ3) is 2.68. The van der Waals surface area contributed by atoms with Crippen molar-refractivity contribution in [2.75, 3.05) is 44.4 Å². The molecule has 5 nitrogen and oxygen atoms in total. The van der Waals surface area contributed by atoms with Gasteiger partial charge in [-0.1, -0.05) is 0 Å². The predicted molar refractivity (Wildman–Crippen MR) is 62.5 cm³/mol. The molecular weight excluding hydrogens is 228 g/mol. The van der Waals surface area contributed by atoms with Gasteiger partial charge in [-0.25, -0.2) is 0 Å². The molecule has 0 aromatic heterocycles. The summed E-state index contributed by atoms with van der Waals surface area (Å²) in [6.07, 6.45) is 0. The topological polar surface area (TPSA) is 61.8 Å². The lowest BCUT2D eigenvalue weighted by Gasteiger charge is -2.37. The SMILES string of the molecule is O=C(C1CSCCN1)N1CCOCC1CO. The zero-order valence-electron chi connectivity index (χ0n) is 9.22. The number of hydrogen-bond donors (Lipinski definition) is 2. The van der Waals surface area contributed by atoms with Crippen molar-refractivity contribution in [1.82, 2.24) is 10.2 Å². The minimum absolute atomic E-state index is 0.0222. The fourth-order valence-electron chi connectivity index (χ4n) is 2.02. The summed E-state index contributed by atoms with van der Waals surface area (Å²) in [5.74, 6) is 2.00. The number of nitrogens with one attached hydrogen (secondary N) is 1. The summed E-state index contributed by atoms with van der Waals surface area (Å²) < 4.78 is 5.26. The molecule has 2 rings (SSSR count). The van der Waals surface area contributed by atoms with Crippen LogP contribution < -0.4 is 5.32 Å². The molecule has 16 heavy (non-hydrogen) atoms. The van der Waals surface area contributed by atoms with Crippen LogP contribution in [-0.2, 0) is 9.53 Å². The Kier molecular flexibility index (Phi) is 4.45. The van der Waals surface area contributed by atoms with Crippen molar-refractivity contribution in [2.45, 2.75) is 12.1 Å². The van der Waals surface area contributed by atoms with E-state index in [9.17, 15) is 9.90 Å². The molecule has 2 atom stereocenters. The van der Waals surface area contributed by atoms with Crippen molar-refractivity contribution < 1.29 is 14.6 Å². The lowest BCUT2D eigenvalue weighted by Crippen LogP contribution is -2.58. The second-order valence-electron chi connectivity index (χ2n) is 4.02. The monoisotopic (exact) mass is 246 g/mol. The van der Waals surface area contributed by atoms with Gasteiger partial charge in [0, 0.05) is 24.6 Å². The fraction of sp³-hybridized carbons (Fsp3) is 0.900. The maximum Gasteiger partial charge on any atom is 0.241 e. The van der Waals surface area contributed by atoms with Gasteiger partial charge in [0.25, 0.3) is 0 Å². The van der Waals surface area contributed by atoms with Crippen molar-refractivity contribution in [3.05, 3.63) is 0 Å². The fourth-order valence-corrected chi connectivity index (χ4v) is 2.95. The molecule has 6 heteroatoms. The molecule has 0 aliphatic carbocycles. The van der Waals surface area contributed by atoms with E-state index in [1.165, 1.54) is 0 Å². The average molecular weight is 246 g/mol. The number of aliphatic hydroxyl groups excluding tert-OH is 1. The highest BCUT2D eigenvalue weighted by Gasteiger charge is 2.32. The first-order valence-corrected chi connectivity index (χ1v) is 6.78. The van der Waals surface area contributed by atoms with Gasteiger partial charge in [0.2, 0.25) is 5.91 Å². The summed E-state index contributed by atoms with van der Waals surface area (Å²) in [5, 5.41) is 12.4. The van der Waals surface area contributed by atoms with Crippen LogP contribution >= 0.6 is 11.8 Å².